The summed E-state index contributed by atoms with van der Waals surface area (Å²) in [5, 5.41) is 3.44. The van der Waals surface area contributed by atoms with Crippen LogP contribution in [0.2, 0.25) is 0 Å². The zero-order valence-corrected chi connectivity index (χ0v) is 13.9. The zero-order valence-electron chi connectivity index (χ0n) is 13.9. The van der Waals surface area contributed by atoms with E-state index >= 15 is 0 Å². The van der Waals surface area contributed by atoms with Gasteiger partial charge in [-0.1, -0.05) is 30.3 Å². The fourth-order valence-corrected chi connectivity index (χ4v) is 3.78. The van der Waals surface area contributed by atoms with Gasteiger partial charge in [-0.15, -0.1) is 0 Å². The van der Waals surface area contributed by atoms with Crippen LogP contribution in [0.4, 0.5) is 0 Å². The predicted octanol–water partition coefficient (Wildman–Crippen LogP) is 2.38. The third-order valence-electron chi connectivity index (χ3n) is 5.00. The molecule has 1 aromatic carbocycles. The Morgan fingerprint density at radius 1 is 1.13 bits per heavy atom. The summed E-state index contributed by atoms with van der Waals surface area (Å²) in [6.07, 6.45) is 5.85. The van der Waals surface area contributed by atoms with E-state index in [1.807, 2.05) is 6.07 Å². The zero-order chi connectivity index (χ0) is 15.9. The molecule has 0 saturated carbocycles. The quantitative estimate of drug-likeness (QED) is 0.785. The van der Waals surface area contributed by atoms with Crippen molar-refractivity contribution in [3.63, 3.8) is 0 Å². The topological polar surface area (TPSA) is 41.6 Å². The van der Waals surface area contributed by atoms with Gasteiger partial charge in [0.2, 0.25) is 5.91 Å². The Morgan fingerprint density at radius 2 is 1.96 bits per heavy atom. The fourth-order valence-electron chi connectivity index (χ4n) is 3.78. The number of nitrogens with one attached hydrogen (secondary N) is 1. The van der Waals surface area contributed by atoms with E-state index in [4.69, 9.17) is 4.74 Å². The predicted molar refractivity (Wildman–Crippen MR) is 91.3 cm³/mol. The maximum atomic E-state index is 12.5. The lowest BCUT2D eigenvalue weighted by Gasteiger charge is -2.28. The summed E-state index contributed by atoms with van der Waals surface area (Å²) >= 11 is 0. The van der Waals surface area contributed by atoms with Gasteiger partial charge in [-0.2, -0.15) is 0 Å². The van der Waals surface area contributed by atoms with Gasteiger partial charge in [0.15, 0.2) is 0 Å². The molecule has 2 saturated heterocycles. The van der Waals surface area contributed by atoms with Crippen LogP contribution in [-0.4, -0.2) is 49.2 Å². The standard InChI is InChI=1S/C19H28N2O2/c22-19(21-17-8-9-18(21)15-20-12-10-17)7-4-13-23-14-11-16-5-2-1-3-6-16/h1-3,5-6,17-18,20H,4,7-15H2. The average Bonchev–Trinajstić information content (AvgIpc) is 2.84. The summed E-state index contributed by atoms with van der Waals surface area (Å²) < 4.78 is 5.69. The Balaban J connectivity index is 1.32. The van der Waals surface area contributed by atoms with Gasteiger partial charge in [0.25, 0.3) is 0 Å². The lowest BCUT2D eigenvalue weighted by atomic mass is 10.1. The van der Waals surface area contributed by atoms with Crippen molar-refractivity contribution in [1.82, 2.24) is 10.2 Å². The summed E-state index contributed by atoms with van der Waals surface area (Å²) in [6, 6.07) is 11.3. The van der Waals surface area contributed by atoms with Gasteiger partial charge < -0.3 is 15.0 Å². The second-order valence-electron chi connectivity index (χ2n) is 6.63. The SMILES string of the molecule is O=C(CCCOCCc1ccccc1)N1C2CCNCC1CC2. The maximum Gasteiger partial charge on any atom is 0.223 e. The summed E-state index contributed by atoms with van der Waals surface area (Å²) in [7, 11) is 0. The molecule has 0 aromatic heterocycles. The number of rotatable bonds is 7. The van der Waals surface area contributed by atoms with Crippen LogP contribution in [0.3, 0.4) is 0 Å². The lowest BCUT2D eigenvalue weighted by molar-refractivity contribution is -0.134. The molecule has 0 spiro atoms. The molecule has 1 N–H and O–H groups in total. The van der Waals surface area contributed by atoms with Crippen molar-refractivity contribution in [3.8, 4) is 0 Å². The van der Waals surface area contributed by atoms with Crippen molar-refractivity contribution >= 4 is 5.91 Å². The molecular formula is C19H28N2O2. The van der Waals surface area contributed by atoms with E-state index in [0.29, 0.717) is 31.0 Å². The van der Waals surface area contributed by atoms with Crippen LogP contribution in [0.15, 0.2) is 30.3 Å². The van der Waals surface area contributed by atoms with Gasteiger partial charge in [-0.05, 0) is 44.2 Å². The van der Waals surface area contributed by atoms with Gasteiger partial charge in [0.1, 0.15) is 0 Å². The van der Waals surface area contributed by atoms with Crippen molar-refractivity contribution in [2.45, 2.75) is 50.6 Å². The molecule has 2 atom stereocenters. The molecule has 2 fully saturated rings. The molecule has 3 rings (SSSR count). The van der Waals surface area contributed by atoms with E-state index in [9.17, 15) is 4.79 Å². The second kappa shape index (κ2) is 8.46. The minimum absolute atomic E-state index is 0.327. The molecule has 4 nitrogen and oxygen atoms in total. The fraction of sp³-hybridized carbons (Fsp3) is 0.632. The molecule has 23 heavy (non-hydrogen) atoms. The van der Waals surface area contributed by atoms with E-state index in [2.05, 4.69) is 34.5 Å². The van der Waals surface area contributed by atoms with Crippen LogP contribution in [0, 0.1) is 0 Å². The van der Waals surface area contributed by atoms with Crippen molar-refractivity contribution in [2.24, 2.45) is 0 Å². The van der Waals surface area contributed by atoms with E-state index in [-0.39, 0.29) is 0 Å². The number of amides is 1. The molecule has 1 amide bonds. The van der Waals surface area contributed by atoms with Crippen LogP contribution >= 0.6 is 0 Å². The number of hydrogen-bond acceptors (Lipinski definition) is 3. The molecule has 4 heteroatoms. The first-order chi connectivity index (χ1) is 11.3. The minimum atomic E-state index is 0.327. The van der Waals surface area contributed by atoms with Gasteiger partial charge in [-0.3, -0.25) is 4.79 Å². The van der Waals surface area contributed by atoms with Crippen LogP contribution < -0.4 is 5.32 Å². The first-order valence-corrected chi connectivity index (χ1v) is 8.98. The van der Waals surface area contributed by atoms with E-state index in [1.54, 1.807) is 0 Å². The van der Waals surface area contributed by atoms with Gasteiger partial charge in [0, 0.05) is 31.7 Å². The molecule has 2 unspecified atom stereocenters. The van der Waals surface area contributed by atoms with E-state index in [0.717, 1.165) is 45.4 Å². The van der Waals surface area contributed by atoms with Gasteiger partial charge in [0.05, 0.1) is 6.61 Å². The van der Waals surface area contributed by atoms with Crippen molar-refractivity contribution in [3.05, 3.63) is 35.9 Å². The number of benzene rings is 1. The number of ether oxygens (including phenoxy) is 1. The minimum Gasteiger partial charge on any atom is -0.381 e. The Bertz CT molecular complexity index is 477. The largest absolute Gasteiger partial charge is 0.381 e. The van der Waals surface area contributed by atoms with Crippen LogP contribution in [0.1, 0.15) is 37.7 Å². The average molecular weight is 316 g/mol. The Kier molecular flexibility index (Phi) is 6.06. The number of carbonyl (C=O) groups is 1. The molecule has 0 radical (unpaired) electrons. The number of hydrogen-bond donors (Lipinski definition) is 1. The van der Waals surface area contributed by atoms with E-state index < -0.39 is 0 Å². The normalized spacial score (nSPS) is 23.7. The highest BCUT2D eigenvalue weighted by Crippen LogP contribution is 2.28. The monoisotopic (exact) mass is 316 g/mol. The molecule has 126 valence electrons. The first-order valence-electron chi connectivity index (χ1n) is 8.98. The summed E-state index contributed by atoms with van der Waals surface area (Å²) in [6.45, 7) is 3.43. The molecule has 2 aliphatic rings. The first kappa shape index (κ1) is 16.5. The molecule has 2 bridgehead atoms. The number of nitrogens with zero attached hydrogens (tertiary/aromatic N) is 1. The summed E-state index contributed by atoms with van der Waals surface area (Å²) in [5.74, 6) is 0.327. The van der Waals surface area contributed by atoms with Crippen LogP contribution in [-0.2, 0) is 16.0 Å². The Hall–Kier alpha value is -1.39. The molecule has 2 heterocycles. The van der Waals surface area contributed by atoms with Crippen molar-refractivity contribution in [2.75, 3.05) is 26.3 Å². The maximum absolute atomic E-state index is 12.5. The second-order valence-corrected chi connectivity index (χ2v) is 6.63. The van der Waals surface area contributed by atoms with Gasteiger partial charge in [-0.25, -0.2) is 0 Å². The molecule has 2 aliphatic heterocycles. The highest BCUT2D eigenvalue weighted by atomic mass is 16.5. The summed E-state index contributed by atoms with van der Waals surface area (Å²) in [5.41, 5.74) is 1.30. The van der Waals surface area contributed by atoms with Crippen molar-refractivity contribution < 1.29 is 9.53 Å². The third kappa shape index (κ3) is 4.55. The van der Waals surface area contributed by atoms with E-state index in [1.165, 1.54) is 12.0 Å². The molecule has 0 aliphatic carbocycles. The highest BCUT2D eigenvalue weighted by Gasteiger charge is 2.37. The lowest BCUT2D eigenvalue weighted by Crippen LogP contribution is -2.42. The van der Waals surface area contributed by atoms with Crippen LogP contribution in [0.25, 0.3) is 0 Å². The smallest absolute Gasteiger partial charge is 0.223 e. The number of carbonyl (C=O) groups excluding carboxylic acids is 1. The summed E-state index contributed by atoms with van der Waals surface area (Å²) in [4.78, 5) is 14.7. The number of fused-ring (bicyclic) bond motifs is 2. The van der Waals surface area contributed by atoms with Crippen molar-refractivity contribution in [1.29, 1.82) is 0 Å². The Morgan fingerprint density at radius 3 is 2.83 bits per heavy atom. The molecule has 1 aromatic rings. The molecular weight excluding hydrogens is 288 g/mol. The Labute approximate surface area is 139 Å². The van der Waals surface area contributed by atoms with Crippen LogP contribution in [0.5, 0.6) is 0 Å². The third-order valence-corrected chi connectivity index (χ3v) is 5.00. The highest BCUT2D eigenvalue weighted by molar-refractivity contribution is 5.77. The van der Waals surface area contributed by atoms with Gasteiger partial charge >= 0.3 is 0 Å².